The summed E-state index contributed by atoms with van der Waals surface area (Å²) in [6.07, 6.45) is 0. The Hall–Kier alpha value is 0.0687. The van der Waals surface area contributed by atoms with Gasteiger partial charge in [0.15, 0.2) is 0 Å². The van der Waals surface area contributed by atoms with Gasteiger partial charge in [-0.25, -0.2) is 0 Å². The molecule has 4 heteroatoms. The average Bonchev–Trinajstić information content (AvgIpc) is 1.38. The molecule has 0 unspecified atom stereocenters. The molecule has 2 amide bonds. The van der Waals surface area contributed by atoms with Crippen molar-refractivity contribution in [1.29, 1.82) is 0 Å². The topological polar surface area (TPSA) is 55.1 Å². The van der Waals surface area contributed by atoms with Gasteiger partial charge in [-0.15, -0.1) is 0 Å². The SMILES string of the molecule is NC(=O)[NH][Sn]. The van der Waals surface area contributed by atoms with Crippen LogP contribution in [0, 0.1) is 0 Å². The first-order valence-electron chi connectivity index (χ1n) is 0.993. The number of carbonyl (C=O) groups is 1. The van der Waals surface area contributed by atoms with Gasteiger partial charge < -0.3 is 0 Å². The average molecular weight is 178 g/mol. The van der Waals surface area contributed by atoms with E-state index in [9.17, 15) is 4.79 Å². The van der Waals surface area contributed by atoms with Gasteiger partial charge in [0.25, 0.3) is 0 Å². The fourth-order valence-corrected chi connectivity index (χ4v) is 0. The molecule has 3 N–H and O–H groups in total. The Morgan fingerprint density at radius 3 is 2.20 bits per heavy atom. The number of carbonyl (C=O) groups excluding carboxylic acids is 1. The van der Waals surface area contributed by atoms with Crippen LogP contribution in [-0.2, 0) is 0 Å². The molecule has 0 saturated carbocycles. The summed E-state index contributed by atoms with van der Waals surface area (Å²) >= 11 is 0.940. The van der Waals surface area contributed by atoms with E-state index in [2.05, 4.69) is 9.27 Å². The second-order valence-corrected chi connectivity index (χ2v) is 1.20. The Balaban J connectivity index is 2.85. The van der Waals surface area contributed by atoms with E-state index >= 15 is 0 Å². The van der Waals surface area contributed by atoms with E-state index < -0.39 is 6.03 Å². The van der Waals surface area contributed by atoms with E-state index in [1.807, 2.05) is 0 Å². The molecule has 0 aromatic heterocycles. The van der Waals surface area contributed by atoms with Crippen molar-refractivity contribution in [3.05, 3.63) is 0 Å². The van der Waals surface area contributed by atoms with Crippen molar-refractivity contribution >= 4 is 28.8 Å². The van der Waals surface area contributed by atoms with Crippen LogP contribution in [0.1, 0.15) is 0 Å². The van der Waals surface area contributed by atoms with E-state index in [1.165, 1.54) is 0 Å². The molecule has 0 atom stereocenters. The van der Waals surface area contributed by atoms with Gasteiger partial charge in [-0.05, 0) is 0 Å². The molecule has 3 radical (unpaired) electrons. The van der Waals surface area contributed by atoms with Crippen molar-refractivity contribution < 1.29 is 4.79 Å². The Morgan fingerprint density at radius 1 is 2.00 bits per heavy atom. The third-order valence-electron chi connectivity index (χ3n) is 0.123. The van der Waals surface area contributed by atoms with Gasteiger partial charge in [-0.2, -0.15) is 0 Å². The number of rotatable bonds is 0. The summed E-state index contributed by atoms with van der Waals surface area (Å²) in [6, 6.07) is -0.455. The van der Waals surface area contributed by atoms with Gasteiger partial charge in [-0.1, -0.05) is 0 Å². The first-order chi connectivity index (χ1) is 2.27. The summed E-state index contributed by atoms with van der Waals surface area (Å²) in [7, 11) is 0. The van der Waals surface area contributed by atoms with Gasteiger partial charge in [0.05, 0.1) is 0 Å². The Labute approximate surface area is 43.4 Å². The van der Waals surface area contributed by atoms with Crippen LogP contribution in [0.2, 0.25) is 0 Å². The molecular formula is CH3N2OSn. The fourth-order valence-electron chi connectivity index (χ4n) is 0. The number of nitrogens with one attached hydrogen (secondary N) is 1. The van der Waals surface area contributed by atoms with Crippen molar-refractivity contribution in [2.45, 2.75) is 0 Å². The van der Waals surface area contributed by atoms with Crippen LogP contribution in [0.3, 0.4) is 0 Å². The quantitative estimate of drug-likeness (QED) is 0.446. The second kappa shape index (κ2) is 2.31. The van der Waals surface area contributed by atoms with Crippen LogP contribution in [0.5, 0.6) is 0 Å². The first-order valence-corrected chi connectivity index (χ1v) is 2.42. The normalized spacial score (nSPS) is 6.60. The number of nitrogens with two attached hydrogens (primary N) is 1. The second-order valence-electron chi connectivity index (χ2n) is 0.489. The summed E-state index contributed by atoms with van der Waals surface area (Å²) in [4.78, 5) is 9.50. The van der Waals surface area contributed by atoms with Gasteiger partial charge in [0.2, 0.25) is 0 Å². The number of hydrogen-bond donors (Lipinski definition) is 2. The maximum atomic E-state index is 9.50. The number of amides is 2. The molecule has 0 spiro atoms. The molecule has 0 fully saturated rings. The van der Waals surface area contributed by atoms with Crippen molar-refractivity contribution in [2.75, 3.05) is 0 Å². The standard InChI is InChI=1S/CH4N2O.Sn/c2-1(3)4;/h(H4,2,3,4);/q;+1/p-1. The summed E-state index contributed by atoms with van der Waals surface area (Å²) in [5, 5.41) is 0. The molecule has 0 heterocycles. The van der Waals surface area contributed by atoms with Crippen molar-refractivity contribution in [1.82, 2.24) is 3.54 Å². The molecule has 0 aliphatic rings. The Morgan fingerprint density at radius 2 is 2.20 bits per heavy atom. The molecule has 0 bridgehead atoms. The molecule has 0 rings (SSSR count). The Bertz CT molecular complexity index is 44.9. The third kappa shape index (κ3) is 4.07. The van der Waals surface area contributed by atoms with Crippen molar-refractivity contribution in [2.24, 2.45) is 5.73 Å². The molecule has 0 saturated heterocycles. The molecule has 5 heavy (non-hydrogen) atoms. The summed E-state index contributed by atoms with van der Waals surface area (Å²) in [5.74, 6) is 0. The van der Waals surface area contributed by atoms with Crippen LogP contribution in [0.15, 0.2) is 0 Å². The first kappa shape index (κ1) is 5.07. The van der Waals surface area contributed by atoms with E-state index in [1.54, 1.807) is 0 Å². The minimum absolute atomic E-state index is 0.455. The van der Waals surface area contributed by atoms with Crippen molar-refractivity contribution in [3.8, 4) is 0 Å². The Kier molecular flexibility index (Phi) is 2.35. The molecule has 27 valence electrons. The van der Waals surface area contributed by atoms with Gasteiger partial charge in [0, 0.05) is 0 Å². The number of urea groups is 1. The fraction of sp³-hybridized carbons (Fsp3) is 0. The molecule has 0 aliphatic heterocycles. The van der Waals surface area contributed by atoms with Crippen LogP contribution in [0.25, 0.3) is 0 Å². The van der Waals surface area contributed by atoms with E-state index in [4.69, 9.17) is 0 Å². The molecule has 0 aromatic rings. The summed E-state index contributed by atoms with van der Waals surface area (Å²) in [6.45, 7) is 0. The van der Waals surface area contributed by atoms with Gasteiger partial charge >= 0.3 is 42.9 Å². The zero-order chi connectivity index (χ0) is 4.28. The van der Waals surface area contributed by atoms with Crippen molar-refractivity contribution in [3.63, 3.8) is 0 Å². The molecular weight excluding hydrogens is 175 g/mol. The van der Waals surface area contributed by atoms with E-state index in [0.29, 0.717) is 0 Å². The van der Waals surface area contributed by atoms with Gasteiger partial charge in [0.1, 0.15) is 0 Å². The third-order valence-corrected chi connectivity index (χ3v) is 0.826. The predicted molar refractivity (Wildman–Crippen MR) is 18.5 cm³/mol. The number of primary amides is 1. The van der Waals surface area contributed by atoms with Crippen LogP contribution in [0.4, 0.5) is 4.79 Å². The van der Waals surface area contributed by atoms with Crippen LogP contribution >= 0.6 is 0 Å². The zero-order valence-corrected chi connectivity index (χ0v) is 5.34. The monoisotopic (exact) mass is 179 g/mol. The van der Waals surface area contributed by atoms with E-state index in [-0.39, 0.29) is 0 Å². The summed E-state index contributed by atoms with van der Waals surface area (Å²) in [5.41, 5.74) is 4.56. The molecule has 0 aromatic carbocycles. The minimum atomic E-state index is -0.455. The van der Waals surface area contributed by atoms with Crippen LogP contribution in [-0.4, -0.2) is 28.8 Å². The van der Waals surface area contributed by atoms with Crippen LogP contribution < -0.4 is 9.27 Å². The van der Waals surface area contributed by atoms with Gasteiger partial charge in [-0.3, -0.25) is 0 Å². The van der Waals surface area contributed by atoms with E-state index in [0.717, 1.165) is 22.8 Å². The maximum absolute atomic E-state index is 9.50. The predicted octanol–water partition coefficient (Wildman–Crippen LogP) is -1.26. The zero-order valence-electron chi connectivity index (χ0n) is 2.49. The summed E-state index contributed by atoms with van der Waals surface area (Å²) < 4.78 is 2.26. The molecule has 3 nitrogen and oxygen atoms in total. The molecule has 0 aliphatic carbocycles. The number of hydrogen-bond acceptors (Lipinski definition) is 1.